The predicted octanol–water partition coefficient (Wildman–Crippen LogP) is 5.95. The van der Waals surface area contributed by atoms with Crippen LogP contribution in [0.2, 0.25) is 0 Å². The summed E-state index contributed by atoms with van der Waals surface area (Å²) >= 11 is 1.70. The molecule has 37 heavy (non-hydrogen) atoms. The summed E-state index contributed by atoms with van der Waals surface area (Å²) in [7, 11) is 0. The molecule has 0 N–H and O–H groups in total. The molecular weight excluding hydrogens is 478 g/mol. The minimum atomic E-state index is -0.109. The first-order chi connectivity index (χ1) is 17.9. The second kappa shape index (κ2) is 8.72. The van der Waals surface area contributed by atoms with Crippen molar-refractivity contribution in [2.75, 3.05) is 19.6 Å². The van der Waals surface area contributed by atoms with Gasteiger partial charge in [-0.2, -0.15) is 0 Å². The zero-order valence-electron chi connectivity index (χ0n) is 22.0. The molecule has 4 bridgehead atoms. The van der Waals surface area contributed by atoms with Gasteiger partial charge < -0.3 is 14.4 Å². The van der Waals surface area contributed by atoms with Gasteiger partial charge in [0.15, 0.2) is 0 Å². The van der Waals surface area contributed by atoms with E-state index >= 15 is 0 Å². The molecule has 194 valence electrons. The van der Waals surface area contributed by atoms with Crippen LogP contribution in [0.3, 0.4) is 0 Å². The van der Waals surface area contributed by atoms with Crippen molar-refractivity contribution >= 4 is 33.4 Å². The molecule has 5 fully saturated rings. The number of rotatable bonds is 4. The fourth-order valence-electron chi connectivity index (χ4n) is 8.55. The van der Waals surface area contributed by atoms with E-state index in [1.54, 1.807) is 11.3 Å². The van der Waals surface area contributed by atoms with E-state index in [4.69, 9.17) is 0 Å². The lowest BCUT2D eigenvalue weighted by Crippen LogP contribution is -2.61. The quantitative estimate of drug-likeness (QED) is 0.431. The van der Waals surface area contributed by atoms with Crippen molar-refractivity contribution in [1.82, 2.24) is 14.4 Å². The van der Waals surface area contributed by atoms with E-state index in [1.165, 1.54) is 30.4 Å². The summed E-state index contributed by atoms with van der Waals surface area (Å²) in [5.41, 5.74) is 3.13. The number of aromatic nitrogens is 1. The first-order valence-corrected chi connectivity index (χ1v) is 15.0. The Labute approximate surface area is 223 Å². The monoisotopic (exact) mass is 515 g/mol. The average molecular weight is 516 g/mol. The van der Waals surface area contributed by atoms with Crippen molar-refractivity contribution in [3.63, 3.8) is 0 Å². The van der Waals surface area contributed by atoms with Gasteiger partial charge >= 0.3 is 0 Å². The number of hydrogen-bond acceptors (Lipinski definition) is 3. The molecule has 0 spiro atoms. The summed E-state index contributed by atoms with van der Waals surface area (Å²) in [5.74, 6) is 2.79. The Balaban J connectivity index is 1.10. The number of carbonyl (C=O) groups is 2. The summed E-state index contributed by atoms with van der Waals surface area (Å²) in [4.78, 5) is 33.2. The Morgan fingerprint density at radius 2 is 1.70 bits per heavy atom. The Hall–Kier alpha value is -2.60. The summed E-state index contributed by atoms with van der Waals surface area (Å²) in [6.45, 7) is 6.85. The SMILES string of the molecule is Cc1ccccc1Cn1c(C(=O)N2CCN(C(=O)C34CC5CC(CC(C5)C3)C4)C(C)C2)cc2ccsc21. The van der Waals surface area contributed by atoms with Crippen LogP contribution in [0, 0.1) is 30.1 Å². The van der Waals surface area contributed by atoms with Gasteiger partial charge in [-0.3, -0.25) is 9.59 Å². The predicted molar refractivity (Wildman–Crippen MR) is 148 cm³/mol. The standard InChI is InChI=1S/C31H37N3O2S/c1-20-5-3-4-6-26(20)19-34-27(14-25-7-10-37-29(25)34)28(35)32-8-9-33(21(2)18-32)30(36)31-15-22-11-23(16-31)13-24(12-22)17-31/h3-7,10,14,21-24H,8-9,11-13,15-19H2,1-2H3. The third-order valence-corrected chi connectivity index (χ3v) is 10.9. The fraction of sp³-hybridized carbons (Fsp3) is 0.548. The molecule has 2 aromatic heterocycles. The number of thiophene rings is 1. The van der Waals surface area contributed by atoms with Crippen LogP contribution in [-0.2, 0) is 11.3 Å². The summed E-state index contributed by atoms with van der Waals surface area (Å²) < 4.78 is 2.20. The largest absolute Gasteiger partial charge is 0.336 e. The van der Waals surface area contributed by atoms with E-state index in [0.717, 1.165) is 52.9 Å². The summed E-state index contributed by atoms with van der Waals surface area (Å²) in [6.07, 6.45) is 7.37. The summed E-state index contributed by atoms with van der Waals surface area (Å²) in [6, 6.07) is 12.6. The first-order valence-electron chi connectivity index (χ1n) is 14.1. The molecule has 5 aliphatic rings. The number of nitrogens with zero attached hydrogens (tertiary/aromatic N) is 3. The van der Waals surface area contributed by atoms with Crippen LogP contribution < -0.4 is 0 Å². The van der Waals surface area contributed by atoms with Crippen molar-refractivity contribution in [3.05, 3.63) is 58.6 Å². The van der Waals surface area contributed by atoms with Gasteiger partial charge in [-0.25, -0.2) is 0 Å². The van der Waals surface area contributed by atoms with Crippen LogP contribution in [0.1, 0.15) is 67.1 Å². The van der Waals surface area contributed by atoms with Gasteiger partial charge in [0.1, 0.15) is 10.5 Å². The van der Waals surface area contributed by atoms with Gasteiger partial charge in [0.05, 0.1) is 5.41 Å². The Kier molecular flexibility index (Phi) is 5.54. The molecule has 5 nitrogen and oxygen atoms in total. The fourth-order valence-corrected chi connectivity index (χ4v) is 9.45. The number of carbonyl (C=O) groups excluding carboxylic acids is 2. The van der Waals surface area contributed by atoms with Crippen LogP contribution in [-0.4, -0.2) is 51.9 Å². The first kappa shape index (κ1) is 23.5. The van der Waals surface area contributed by atoms with E-state index in [1.807, 2.05) is 4.90 Å². The number of fused-ring (bicyclic) bond motifs is 1. The molecule has 0 radical (unpaired) electrons. The third-order valence-electron chi connectivity index (χ3n) is 9.98. The van der Waals surface area contributed by atoms with Crippen molar-refractivity contribution in [2.45, 2.75) is 65.0 Å². The lowest BCUT2D eigenvalue weighted by Gasteiger charge is -2.57. The van der Waals surface area contributed by atoms with Gasteiger partial charge in [0.2, 0.25) is 5.91 Å². The number of hydrogen-bond donors (Lipinski definition) is 0. The average Bonchev–Trinajstić information content (AvgIpc) is 3.46. The van der Waals surface area contributed by atoms with E-state index in [9.17, 15) is 9.59 Å². The van der Waals surface area contributed by atoms with Crippen LogP contribution >= 0.6 is 11.3 Å². The van der Waals surface area contributed by atoms with Gasteiger partial charge in [0.25, 0.3) is 5.91 Å². The Bertz CT molecular complexity index is 1330. The highest BCUT2D eigenvalue weighted by Crippen LogP contribution is 2.60. The van der Waals surface area contributed by atoms with Crippen LogP contribution in [0.5, 0.6) is 0 Å². The zero-order valence-corrected chi connectivity index (χ0v) is 22.8. The molecule has 1 unspecified atom stereocenters. The normalized spacial score (nSPS) is 30.9. The maximum Gasteiger partial charge on any atom is 0.270 e. The Morgan fingerprint density at radius 3 is 2.38 bits per heavy atom. The number of aryl methyl sites for hydroxylation is 1. The topological polar surface area (TPSA) is 45.6 Å². The van der Waals surface area contributed by atoms with Gasteiger partial charge in [0, 0.05) is 37.6 Å². The second-order valence-corrected chi connectivity index (χ2v) is 13.4. The van der Waals surface area contributed by atoms with Gasteiger partial charge in [-0.1, -0.05) is 24.3 Å². The van der Waals surface area contributed by atoms with E-state index < -0.39 is 0 Å². The van der Waals surface area contributed by atoms with Crippen LogP contribution in [0.15, 0.2) is 41.8 Å². The molecule has 1 aliphatic heterocycles. The molecule has 4 aliphatic carbocycles. The van der Waals surface area contributed by atoms with E-state index in [2.05, 4.69) is 65.1 Å². The molecule has 4 saturated carbocycles. The summed E-state index contributed by atoms with van der Waals surface area (Å²) in [5, 5.41) is 3.23. The van der Waals surface area contributed by atoms with Crippen molar-refractivity contribution in [2.24, 2.45) is 23.2 Å². The lowest BCUT2D eigenvalue weighted by molar-refractivity contribution is -0.161. The van der Waals surface area contributed by atoms with Crippen molar-refractivity contribution in [1.29, 1.82) is 0 Å². The lowest BCUT2D eigenvalue weighted by atomic mass is 9.49. The highest BCUT2D eigenvalue weighted by atomic mass is 32.1. The molecule has 3 heterocycles. The minimum Gasteiger partial charge on any atom is -0.336 e. The number of piperazine rings is 1. The number of amides is 2. The van der Waals surface area contributed by atoms with Gasteiger partial charge in [-0.15, -0.1) is 11.3 Å². The molecule has 1 saturated heterocycles. The van der Waals surface area contributed by atoms with Crippen molar-refractivity contribution < 1.29 is 9.59 Å². The third kappa shape index (κ3) is 3.86. The highest BCUT2D eigenvalue weighted by molar-refractivity contribution is 7.16. The maximum absolute atomic E-state index is 14.0. The van der Waals surface area contributed by atoms with Crippen LogP contribution in [0.4, 0.5) is 0 Å². The molecule has 3 aromatic rings. The smallest absolute Gasteiger partial charge is 0.270 e. The van der Waals surface area contributed by atoms with E-state index in [0.29, 0.717) is 32.1 Å². The van der Waals surface area contributed by atoms with Gasteiger partial charge in [-0.05, 0) is 98.8 Å². The van der Waals surface area contributed by atoms with Crippen molar-refractivity contribution in [3.8, 4) is 0 Å². The zero-order chi connectivity index (χ0) is 25.3. The molecule has 1 aromatic carbocycles. The molecule has 6 heteroatoms. The second-order valence-electron chi connectivity index (χ2n) is 12.5. The molecule has 1 atom stereocenters. The molecule has 8 rings (SSSR count). The van der Waals surface area contributed by atoms with Crippen LogP contribution in [0.25, 0.3) is 10.2 Å². The minimum absolute atomic E-state index is 0.0547. The Morgan fingerprint density at radius 1 is 1.00 bits per heavy atom. The maximum atomic E-state index is 14.0. The number of benzene rings is 1. The molecular formula is C31H37N3O2S. The van der Waals surface area contributed by atoms with E-state index in [-0.39, 0.29) is 17.4 Å². The molecule has 2 amide bonds. The highest BCUT2D eigenvalue weighted by Gasteiger charge is 2.56.